The van der Waals surface area contributed by atoms with Crippen molar-refractivity contribution in [2.45, 2.75) is 121 Å². The number of rotatable bonds is 28. The van der Waals surface area contributed by atoms with E-state index in [0.29, 0.717) is 26.4 Å². The van der Waals surface area contributed by atoms with Gasteiger partial charge in [0.1, 0.15) is 0 Å². The van der Waals surface area contributed by atoms with Crippen molar-refractivity contribution < 1.29 is 41.7 Å². The molecule has 0 aliphatic rings. The first-order chi connectivity index (χ1) is 23.9. The van der Waals surface area contributed by atoms with E-state index < -0.39 is 15.6 Å². The molecule has 0 aliphatic heterocycles. The Morgan fingerprint density at radius 1 is 0.451 bits per heavy atom. The number of ether oxygens (including phenoxy) is 2. The molecule has 0 rings (SSSR count). The van der Waals surface area contributed by atoms with Crippen molar-refractivity contribution in [3.05, 3.63) is 93.2 Å². The molecule has 0 saturated heterocycles. The third-order valence-electron chi connectivity index (χ3n) is 7.54. The topological polar surface area (TPSA) is 121 Å². The van der Waals surface area contributed by atoms with E-state index in [1.807, 2.05) is 13.8 Å². The molecule has 0 saturated carbocycles. The molecule has 0 spiro atoms. The summed E-state index contributed by atoms with van der Waals surface area (Å²) in [5.41, 5.74) is 9.51. The maximum Gasteiger partial charge on any atom is 0.484 e. The molecule has 0 atom stereocenters. The van der Waals surface area contributed by atoms with Crippen LogP contribution >= 0.6 is 15.6 Å². The lowest BCUT2D eigenvalue weighted by Gasteiger charge is -2.17. The number of hydrogen-bond donors (Lipinski definition) is 2. The van der Waals surface area contributed by atoms with Gasteiger partial charge in [0.2, 0.25) is 0 Å². The molecular weight excluding hydrogens is 686 g/mol. The highest BCUT2D eigenvalue weighted by Gasteiger charge is 2.35. The molecule has 0 amide bonds. The van der Waals surface area contributed by atoms with Gasteiger partial charge in [-0.3, -0.25) is 9.05 Å². The van der Waals surface area contributed by atoms with Crippen molar-refractivity contribution in [2.24, 2.45) is 0 Å². The van der Waals surface area contributed by atoms with Crippen molar-refractivity contribution in [1.82, 2.24) is 0 Å². The number of phosphoric ester groups is 1. The van der Waals surface area contributed by atoms with Gasteiger partial charge in [-0.1, -0.05) is 93.2 Å². The van der Waals surface area contributed by atoms with Crippen LogP contribution in [0.15, 0.2) is 93.2 Å². The van der Waals surface area contributed by atoms with Crippen LogP contribution in [0, 0.1) is 0 Å². The van der Waals surface area contributed by atoms with Crippen LogP contribution < -0.4 is 0 Å². The summed E-state index contributed by atoms with van der Waals surface area (Å²) < 4.78 is 50.8. The van der Waals surface area contributed by atoms with Gasteiger partial charge in [0, 0.05) is 0 Å². The van der Waals surface area contributed by atoms with Gasteiger partial charge in [0.05, 0.1) is 39.6 Å². The van der Waals surface area contributed by atoms with E-state index in [0.717, 1.165) is 62.5 Å². The Balaban J connectivity index is 4.72. The lowest BCUT2D eigenvalue weighted by Crippen LogP contribution is -2.01. The minimum Gasteiger partial charge on any atom is -0.373 e. The number of allylic oxidation sites excluding steroid dienone is 10. The van der Waals surface area contributed by atoms with Gasteiger partial charge < -0.3 is 19.3 Å². The molecule has 0 heterocycles. The molecule has 0 radical (unpaired) electrons. The third kappa shape index (κ3) is 32.5. The zero-order valence-corrected chi connectivity index (χ0v) is 35.0. The Labute approximate surface area is 310 Å². The van der Waals surface area contributed by atoms with Crippen molar-refractivity contribution in [3.63, 3.8) is 0 Å². The molecule has 292 valence electrons. The summed E-state index contributed by atoms with van der Waals surface area (Å²) in [5.74, 6) is 0. The fraction of sp³-hybridized carbons (Fsp3) is 0.600. The molecule has 0 aromatic rings. The fourth-order valence-electron chi connectivity index (χ4n) is 4.36. The Bertz CT molecular complexity index is 1260. The second-order valence-corrected chi connectivity index (χ2v) is 16.7. The second kappa shape index (κ2) is 28.6. The Morgan fingerprint density at radius 3 is 1.08 bits per heavy atom. The molecule has 11 heteroatoms. The first-order valence-electron chi connectivity index (χ1n) is 17.9. The fourth-order valence-corrected chi connectivity index (χ4v) is 6.37. The zero-order chi connectivity index (χ0) is 38.7. The van der Waals surface area contributed by atoms with E-state index >= 15 is 0 Å². The summed E-state index contributed by atoms with van der Waals surface area (Å²) >= 11 is 0. The Hall–Kier alpha value is -1.90. The van der Waals surface area contributed by atoms with Crippen LogP contribution in [0.5, 0.6) is 0 Å². The van der Waals surface area contributed by atoms with Crippen molar-refractivity contribution >= 4 is 15.6 Å². The van der Waals surface area contributed by atoms with Crippen LogP contribution in [0.25, 0.3) is 0 Å². The van der Waals surface area contributed by atoms with Crippen molar-refractivity contribution in [1.29, 1.82) is 0 Å². The first-order valence-corrected chi connectivity index (χ1v) is 20.9. The molecule has 0 unspecified atom stereocenters. The predicted octanol–water partition coefficient (Wildman–Crippen LogP) is 12.0. The molecule has 0 aliphatic carbocycles. The molecule has 0 fully saturated rings. The Kier molecular flexibility index (Phi) is 27.5. The second-order valence-electron chi connectivity index (χ2n) is 13.7. The summed E-state index contributed by atoms with van der Waals surface area (Å²) in [5, 5.41) is 0. The summed E-state index contributed by atoms with van der Waals surface area (Å²) in [7, 11) is -9.64. The molecular formula is C40H68O9P2. The van der Waals surface area contributed by atoms with Crippen LogP contribution in [0.3, 0.4) is 0 Å². The van der Waals surface area contributed by atoms with Crippen LogP contribution in [-0.2, 0) is 32.0 Å². The van der Waals surface area contributed by atoms with E-state index in [-0.39, 0.29) is 13.2 Å². The maximum atomic E-state index is 13.0. The SMILES string of the molecule is CC(C)=CCOC/C(C)=C/CC/C(C)=C/CC/C(C)=C/COP(=O)(OC/C=C(\C)CC/C=C(\C)CC/C=C(\C)COCC=C(C)C)OP(=O)(O)O. The van der Waals surface area contributed by atoms with Gasteiger partial charge in [-0.05, 0) is 121 Å². The molecule has 0 aromatic heterocycles. The molecule has 0 bridgehead atoms. The molecule has 2 N–H and O–H groups in total. The van der Waals surface area contributed by atoms with Gasteiger partial charge in [-0.2, -0.15) is 4.31 Å². The number of phosphoric acid groups is 2. The summed E-state index contributed by atoms with van der Waals surface area (Å²) in [6, 6.07) is 0. The monoisotopic (exact) mass is 754 g/mol. The van der Waals surface area contributed by atoms with E-state index in [2.05, 4.69) is 96.2 Å². The zero-order valence-electron chi connectivity index (χ0n) is 33.2. The van der Waals surface area contributed by atoms with Crippen LogP contribution in [0.4, 0.5) is 0 Å². The minimum atomic E-state index is -5.12. The summed E-state index contributed by atoms with van der Waals surface area (Å²) in [4.78, 5) is 18.6. The van der Waals surface area contributed by atoms with E-state index in [1.54, 1.807) is 12.2 Å². The largest absolute Gasteiger partial charge is 0.484 e. The Morgan fingerprint density at radius 2 is 0.765 bits per heavy atom. The van der Waals surface area contributed by atoms with Gasteiger partial charge in [0.25, 0.3) is 0 Å². The molecule has 0 aromatic carbocycles. The average molecular weight is 755 g/mol. The van der Waals surface area contributed by atoms with Gasteiger partial charge >= 0.3 is 15.6 Å². The minimum absolute atomic E-state index is 0.171. The van der Waals surface area contributed by atoms with Gasteiger partial charge in [-0.15, -0.1) is 0 Å². The van der Waals surface area contributed by atoms with Gasteiger partial charge in [-0.25, -0.2) is 9.13 Å². The van der Waals surface area contributed by atoms with Crippen LogP contribution in [0.1, 0.15) is 121 Å². The van der Waals surface area contributed by atoms with E-state index in [9.17, 15) is 18.9 Å². The highest BCUT2D eigenvalue weighted by Crippen LogP contribution is 2.61. The smallest absolute Gasteiger partial charge is 0.373 e. The maximum absolute atomic E-state index is 13.0. The van der Waals surface area contributed by atoms with Crippen molar-refractivity contribution in [2.75, 3.05) is 39.6 Å². The summed E-state index contributed by atoms with van der Waals surface area (Å²) in [6.45, 7) is 22.7. The average Bonchev–Trinajstić information content (AvgIpc) is 3.00. The highest BCUT2D eigenvalue weighted by atomic mass is 31.3. The van der Waals surface area contributed by atoms with Crippen LogP contribution in [0.2, 0.25) is 0 Å². The number of hydrogen-bond acceptors (Lipinski definition) is 7. The summed E-state index contributed by atoms with van der Waals surface area (Å²) in [6.07, 6.45) is 23.4. The van der Waals surface area contributed by atoms with E-state index in [4.69, 9.17) is 18.5 Å². The quantitative estimate of drug-likeness (QED) is 0.0457. The lowest BCUT2D eigenvalue weighted by molar-refractivity contribution is 0.159. The molecule has 9 nitrogen and oxygen atoms in total. The standard InChI is InChI=1S/C40H68O9P2/c1-33(2)23-27-45-31-39(9)21-13-17-35(5)15-11-19-37(7)25-29-47-51(44,49-50(41,42)43)48-30-26-38(8)20-12-16-36(6)18-14-22-40(10)32-46-28-24-34(3)4/h15-16,21-26H,11-14,17-20,27-32H2,1-10H3,(H2,41,42,43)/b35-15+,36-16+,37-25+,38-26+,39-21+,40-22+. The normalized spacial score (nSPS) is 15.2. The van der Waals surface area contributed by atoms with Gasteiger partial charge in [0.15, 0.2) is 0 Å². The predicted molar refractivity (Wildman–Crippen MR) is 213 cm³/mol. The van der Waals surface area contributed by atoms with E-state index in [1.165, 1.54) is 33.4 Å². The highest BCUT2D eigenvalue weighted by molar-refractivity contribution is 7.61. The van der Waals surface area contributed by atoms with Crippen LogP contribution in [-0.4, -0.2) is 49.4 Å². The lowest BCUT2D eigenvalue weighted by atomic mass is 10.1. The molecule has 51 heavy (non-hydrogen) atoms. The third-order valence-corrected chi connectivity index (χ3v) is 10.1. The first kappa shape index (κ1) is 49.1. The van der Waals surface area contributed by atoms with Crippen molar-refractivity contribution in [3.8, 4) is 0 Å².